The molecule has 124 valence electrons. The van der Waals surface area contributed by atoms with Crippen LogP contribution in [0.5, 0.6) is 17.2 Å². The van der Waals surface area contributed by atoms with E-state index in [9.17, 15) is 4.79 Å². The number of hydrogen-bond acceptors (Lipinski definition) is 5. The number of ether oxygens (including phenoxy) is 3. The number of benzene rings is 1. The van der Waals surface area contributed by atoms with Gasteiger partial charge in [0.25, 0.3) is 5.91 Å². The average molecular weight is 331 g/mol. The number of amides is 1. The maximum atomic E-state index is 12.7. The fraction of sp³-hybridized carbons (Fsp3) is 0.533. The lowest BCUT2D eigenvalue weighted by molar-refractivity contribution is 0.0705. The van der Waals surface area contributed by atoms with Crippen molar-refractivity contribution < 1.29 is 19.0 Å². The minimum atomic E-state index is -0.0945. The number of halogens is 1. The standard InChI is InChI=1S/C15H22N2O4.ClH/c1-19-12-8-14(21-3)13(20-2)7-11(12)15(18)17-6-4-5-10(16)9-17;/h7-8,10H,4-6,9,16H2,1-3H3;1H. The monoisotopic (exact) mass is 330 g/mol. The van der Waals surface area contributed by atoms with E-state index in [4.69, 9.17) is 19.9 Å². The zero-order chi connectivity index (χ0) is 15.4. The molecule has 6 nitrogen and oxygen atoms in total. The van der Waals surface area contributed by atoms with Gasteiger partial charge in [0.2, 0.25) is 0 Å². The molecule has 7 heteroatoms. The van der Waals surface area contributed by atoms with E-state index in [1.54, 1.807) is 24.1 Å². The molecule has 0 radical (unpaired) electrons. The first-order valence-electron chi connectivity index (χ1n) is 6.95. The fourth-order valence-electron chi connectivity index (χ4n) is 2.56. The van der Waals surface area contributed by atoms with Crippen molar-refractivity contribution in [1.82, 2.24) is 4.90 Å². The van der Waals surface area contributed by atoms with E-state index in [2.05, 4.69) is 0 Å². The first kappa shape index (κ1) is 18.4. The van der Waals surface area contributed by atoms with Crippen LogP contribution in [-0.2, 0) is 0 Å². The van der Waals surface area contributed by atoms with Crippen LogP contribution in [0.3, 0.4) is 0 Å². The van der Waals surface area contributed by atoms with Gasteiger partial charge < -0.3 is 24.8 Å². The summed E-state index contributed by atoms with van der Waals surface area (Å²) in [5, 5.41) is 0. The molecule has 1 fully saturated rings. The highest BCUT2D eigenvalue weighted by Gasteiger charge is 2.26. The van der Waals surface area contributed by atoms with Gasteiger partial charge in [-0.3, -0.25) is 4.79 Å². The molecule has 2 rings (SSSR count). The Hall–Kier alpha value is -1.66. The Morgan fingerprint density at radius 3 is 2.27 bits per heavy atom. The Morgan fingerprint density at radius 1 is 1.14 bits per heavy atom. The first-order valence-corrected chi connectivity index (χ1v) is 6.95. The lowest BCUT2D eigenvalue weighted by atomic mass is 10.0. The number of nitrogens with zero attached hydrogens (tertiary/aromatic N) is 1. The predicted molar refractivity (Wildman–Crippen MR) is 86.5 cm³/mol. The molecule has 1 aliphatic heterocycles. The third-order valence-electron chi connectivity index (χ3n) is 3.68. The van der Waals surface area contributed by atoms with E-state index in [1.807, 2.05) is 0 Å². The summed E-state index contributed by atoms with van der Waals surface area (Å²) in [5.41, 5.74) is 6.41. The number of methoxy groups -OCH3 is 3. The molecule has 1 aliphatic rings. The molecule has 1 amide bonds. The molecule has 1 atom stereocenters. The third-order valence-corrected chi connectivity index (χ3v) is 3.68. The summed E-state index contributed by atoms with van der Waals surface area (Å²) in [6, 6.07) is 3.35. The molecule has 1 aromatic carbocycles. The van der Waals surface area contributed by atoms with Crippen LogP contribution >= 0.6 is 12.4 Å². The van der Waals surface area contributed by atoms with Gasteiger partial charge in [-0.1, -0.05) is 0 Å². The number of carbonyl (C=O) groups is 1. The van der Waals surface area contributed by atoms with E-state index in [0.29, 0.717) is 35.9 Å². The number of nitrogens with two attached hydrogens (primary N) is 1. The van der Waals surface area contributed by atoms with Gasteiger partial charge in [0.05, 0.1) is 26.9 Å². The normalized spacial score (nSPS) is 17.5. The summed E-state index contributed by atoms with van der Waals surface area (Å²) in [7, 11) is 4.61. The third kappa shape index (κ3) is 3.75. The minimum absolute atomic E-state index is 0. The molecule has 0 saturated carbocycles. The topological polar surface area (TPSA) is 74.0 Å². The van der Waals surface area contributed by atoms with E-state index >= 15 is 0 Å². The van der Waals surface area contributed by atoms with Crippen LogP contribution in [0.25, 0.3) is 0 Å². The molecule has 0 bridgehead atoms. The molecule has 1 saturated heterocycles. The highest BCUT2D eigenvalue weighted by molar-refractivity contribution is 5.98. The van der Waals surface area contributed by atoms with E-state index < -0.39 is 0 Å². The second-order valence-corrected chi connectivity index (χ2v) is 5.06. The summed E-state index contributed by atoms with van der Waals surface area (Å²) in [5.74, 6) is 1.41. The van der Waals surface area contributed by atoms with Crippen LogP contribution in [0, 0.1) is 0 Å². The molecule has 2 N–H and O–H groups in total. The first-order chi connectivity index (χ1) is 10.1. The van der Waals surface area contributed by atoms with Gasteiger partial charge in [0.1, 0.15) is 5.75 Å². The zero-order valence-corrected chi connectivity index (χ0v) is 13.9. The van der Waals surface area contributed by atoms with Crippen molar-refractivity contribution in [2.24, 2.45) is 5.73 Å². The summed E-state index contributed by atoms with van der Waals surface area (Å²) < 4.78 is 15.8. The quantitative estimate of drug-likeness (QED) is 0.909. The summed E-state index contributed by atoms with van der Waals surface area (Å²) >= 11 is 0. The average Bonchev–Trinajstić information content (AvgIpc) is 2.52. The minimum Gasteiger partial charge on any atom is -0.496 e. The van der Waals surface area contributed by atoms with Crippen LogP contribution in [0.2, 0.25) is 0 Å². The van der Waals surface area contributed by atoms with Crippen molar-refractivity contribution in [3.63, 3.8) is 0 Å². The predicted octanol–water partition coefficient (Wildman–Crippen LogP) is 1.70. The van der Waals surface area contributed by atoms with Crippen LogP contribution in [0.15, 0.2) is 12.1 Å². The molecule has 1 aromatic rings. The Morgan fingerprint density at radius 2 is 1.73 bits per heavy atom. The van der Waals surface area contributed by atoms with Gasteiger partial charge in [0, 0.05) is 31.3 Å². The van der Waals surface area contributed by atoms with Gasteiger partial charge in [0.15, 0.2) is 11.5 Å². The highest BCUT2D eigenvalue weighted by atomic mass is 35.5. The van der Waals surface area contributed by atoms with Crippen LogP contribution in [-0.4, -0.2) is 51.3 Å². The van der Waals surface area contributed by atoms with Crippen molar-refractivity contribution >= 4 is 18.3 Å². The SMILES string of the molecule is COc1cc(OC)c(C(=O)N2CCCC(N)C2)cc1OC.Cl. The van der Waals surface area contributed by atoms with Crippen LogP contribution < -0.4 is 19.9 Å². The van der Waals surface area contributed by atoms with E-state index in [-0.39, 0.29) is 24.4 Å². The van der Waals surface area contributed by atoms with Crippen LogP contribution in [0.1, 0.15) is 23.2 Å². The fourth-order valence-corrected chi connectivity index (χ4v) is 2.56. The second kappa shape index (κ2) is 8.10. The molecule has 0 spiro atoms. The molecule has 1 unspecified atom stereocenters. The largest absolute Gasteiger partial charge is 0.496 e. The molecule has 0 aliphatic carbocycles. The number of likely N-dealkylation sites (tertiary alicyclic amines) is 1. The van der Waals surface area contributed by atoms with Crippen molar-refractivity contribution in [1.29, 1.82) is 0 Å². The zero-order valence-electron chi connectivity index (χ0n) is 13.1. The van der Waals surface area contributed by atoms with Gasteiger partial charge >= 0.3 is 0 Å². The lowest BCUT2D eigenvalue weighted by Gasteiger charge is -2.31. The molecule has 22 heavy (non-hydrogen) atoms. The summed E-state index contributed by atoms with van der Waals surface area (Å²) in [4.78, 5) is 14.4. The number of rotatable bonds is 4. The molecule has 1 heterocycles. The smallest absolute Gasteiger partial charge is 0.257 e. The van der Waals surface area contributed by atoms with Crippen molar-refractivity contribution in [2.75, 3.05) is 34.4 Å². The lowest BCUT2D eigenvalue weighted by Crippen LogP contribution is -2.45. The van der Waals surface area contributed by atoms with Gasteiger partial charge in [-0.15, -0.1) is 12.4 Å². The number of carbonyl (C=O) groups excluding carboxylic acids is 1. The van der Waals surface area contributed by atoms with Gasteiger partial charge in [-0.25, -0.2) is 0 Å². The highest BCUT2D eigenvalue weighted by Crippen LogP contribution is 2.35. The van der Waals surface area contributed by atoms with Crippen molar-refractivity contribution in [3.8, 4) is 17.2 Å². The maximum Gasteiger partial charge on any atom is 0.257 e. The van der Waals surface area contributed by atoms with E-state index in [1.165, 1.54) is 14.2 Å². The Balaban J connectivity index is 0.00000242. The molecular weight excluding hydrogens is 308 g/mol. The van der Waals surface area contributed by atoms with Crippen LogP contribution in [0.4, 0.5) is 0 Å². The number of piperidine rings is 1. The van der Waals surface area contributed by atoms with Gasteiger partial charge in [-0.2, -0.15) is 0 Å². The summed E-state index contributed by atoms with van der Waals surface area (Å²) in [6.07, 6.45) is 1.87. The van der Waals surface area contributed by atoms with E-state index in [0.717, 1.165) is 12.8 Å². The van der Waals surface area contributed by atoms with Crippen molar-refractivity contribution in [2.45, 2.75) is 18.9 Å². The molecular formula is C15H23ClN2O4. The molecule has 0 aromatic heterocycles. The second-order valence-electron chi connectivity index (χ2n) is 5.06. The number of hydrogen-bond donors (Lipinski definition) is 1. The Bertz CT molecular complexity index is 525. The maximum absolute atomic E-state index is 12.7. The van der Waals surface area contributed by atoms with Gasteiger partial charge in [-0.05, 0) is 12.8 Å². The Labute approximate surface area is 136 Å². The van der Waals surface area contributed by atoms with Crippen molar-refractivity contribution in [3.05, 3.63) is 17.7 Å². The summed E-state index contributed by atoms with van der Waals surface area (Å²) in [6.45, 7) is 1.28. The Kier molecular flexibility index (Phi) is 6.77.